The average Bonchev–Trinajstić information content (AvgIpc) is 2.81. The summed E-state index contributed by atoms with van der Waals surface area (Å²) < 4.78 is 62.5. The SMILES string of the molecule is C[S-](=O)=Nc1ccc(Oc2cc(F)cc(C#N)c2)c2c1C(O)C(F)C2F. The Morgan fingerprint density at radius 1 is 1.27 bits per heavy atom. The molecule has 0 heterocycles. The van der Waals surface area contributed by atoms with Crippen LogP contribution in [0.5, 0.6) is 11.5 Å². The number of rotatable bonds is 3. The van der Waals surface area contributed by atoms with Crippen LogP contribution in [0.25, 0.3) is 0 Å². The highest BCUT2D eigenvalue weighted by Gasteiger charge is 2.44. The highest BCUT2D eigenvalue weighted by Crippen LogP contribution is 2.52. The molecular weight excluding hydrogens is 369 g/mol. The molecule has 3 unspecified atom stereocenters. The summed E-state index contributed by atoms with van der Waals surface area (Å²) in [7, 11) is -1.66. The minimum absolute atomic E-state index is 0.00940. The van der Waals surface area contributed by atoms with Crippen molar-refractivity contribution in [2.24, 2.45) is 4.36 Å². The second-order valence-corrected chi connectivity index (χ2v) is 6.64. The summed E-state index contributed by atoms with van der Waals surface area (Å²) in [5.74, 6) is -0.970. The fourth-order valence-electron chi connectivity index (χ4n) is 2.80. The standard InChI is InChI=1S/C17H12F3N2O3S/c1-26(24)22-11-2-3-12(14-13(11)17(23)16(20)15(14)19)25-10-5-8(7-21)4-9(18)6-10/h2-6,15-17,23H,1H3/q-1. The molecule has 2 aromatic carbocycles. The zero-order chi connectivity index (χ0) is 19.0. The van der Waals surface area contributed by atoms with Crippen molar-refractivity contribution in [1.82, 2.24) is 0 Å². The number of benzene rings is 2. The van der Waals surface area contributed by atoms with Gasteiger partial charge < -0.3 is 18.4 Å². The molecule has 9 heteroatoms. The first-order chi connectivity index (χ1) is 12.3. The maximum absolute atomic E-state index is 14.4. The van der Waals surface area contributed by atoms with E-state index < -0.39 is 34.9 Å². The predicted molar refractivity (Wildman–Crippen MR) is 87.4 cm³/mol. The van der Waals surface area contributed by atoms with E-state index >= 15 is 0 Å². The lowest BCUT2D eigenvalue weighted by Crippen LogP contribution is -2.09. The van der Waals surface area contributed by atoms with E-state index in [1.54, 1.807) is 6.07 Å². The van der Waals surface area contributed by atoms with Crippen LogP contribution in [0.1, 0.15) is 29.0 Å². The third-order valence-electron chi connectivity index (χ3n) is 3.83. The summed E-state index contributed by atoms with van der Waals surface area (Å²) in [5, 5.41) is 18.9. The molecule has 0 saturated heterocycles. The molecule has 0 aliphatic heterocycles. The number of nitriles is 1. The van der Waals surface area contributed by atoms with Crippen LogP contribution in [-0.4, -0.2) is 17.5 Å². The molecule has 1 aliphatic rings. The van der Waals surface area contributed by atoms with Crippen molar-refractivity contribution in [3.63, 3.8) is 0 Å². The van der Waals surface area contributed by atoms with Gasteiger partial charge in [-0.2, -0.15) is 15.9 Å². The lowest BCUT2D eigenvalue weighted by Gasteiger charge is -2.15. The van der Waals surface area contributed by atoms with Gasteiger partial charge in [0, 0.05) is 22.9 Å². The number of halogens is 3. The summed E-state index contributed by atoms with van der Waals surface area (Å²) in [5.41, 5.74) is -0.459. The van der Waals surface area contributed by atoms with Crippen molar-refractivity contribution in [1.29, 1.82) is 5.26 Å². The Balaban J connectivity index is 2.13. The highest BCUT2D eigenvalue weighted by molar-refractivity contribution is 7.74. The van der Waals surface area contributed by atoms with E-state index in [0.29, 0.717) is 0 Å². The Kier molecular flexibility index (Phi) is 4.89. The fraction of sp³-hybridized carbons (Fsp3) is 0.235. The molecule has 1 aliphatic carbocycles. The van der Waals surface area contributed by atoms with Crippen LogP contribution in [0.4, 0.5) is 18.9 Å². The first-order valence-electron chi connectivity index (χ1n) is 7.38. The predicted octanol–water partition coefficient (Wildman–Crippen LogP) is 4.29. The maximum Gasteiger partial charge on any atom is 0.165 e. The van der Waals surface area contributed by atoms with Crippen molar-refractivity contribution in [3.8, 4) is 17.6 Å². The lowest BCUT2D eigenvalue weighted by molar-refractivity contribution is 0.0468. The molecule has 136 valence electrons. The molecular formula is C17H12F3N2O3S-. The van der Waals surface area contributed by atoms with Gasteiger partial charge in [0.25, 0.3) is 0 Å². The molecule has 26 heavy (non-hydrogen) atoms. The average molecular weight is 381 g/mol. The Morgan fingerprint density at radius 2 is 2.00 bits per heavy atom. The van der Waals surface area contributed by atoms with Crippen LogP contribution in [0.15, 0.2) is 34.7 Å². The molecule has 3 atom stereocenters. The zero-order valence-corrected chi connectivity index (χ0v) is 14.1. The Hall–Kier alpha value is -2.57. The summed E-state index contributed by atoms with van der Waals surface area (Å²) in [6, 6.07) is 7.54. The molecule has 0 amide bonds. The van der Waals surface area contributed by atoms with Crippen LogP contribution in [0.3, 0.4) is 0 Å². The third kappa shape index (κ3) is 3.25. The molecule has 1 N–H and O–H groups in total. The van der Waals surface area contributed by atoms with Gasteiger partial charge in [0.15, 0.2) is 12.3 Å². The highest BCUT2D eigenvalue weighted by atomic mass is 32.2. The number of aliphatic hydroxyl groups excluding tert-OH is 1. The van der Waals surface area contributed by atoms with E-state index in [1.807, 2.05) is 0 Å². The number of nitrogens with zero attached hydrogens (tertiary/aromatic N) is 2. The van der Waals surface area contributed by atoms with Crippen molar-refractivity contribution in [2.45, 2.75) is 18.4 Å². The van der Waals surface area contributed by atoms with Gasteiger partial charge in [0.2, 0.25) is 0 Å². The molecule has 3 rings (SSSR count). The van der Waals surface area contributed by atoms with Crippen molar-refractivity contribution >= 4 is 16.3 Å². The van der Waals surface area contributed by atoms with E-state index in [2.05, 4.69) is 4.36 Å². The first kappa shape index (κ1) is 18.2. The topological polar surface area (TPSA) is 82.7 Å². The monoisotopic (exact) mass is 381 g/mol. The minimum Gasteiger partial charge on any atom is -0.457 e. The van der Waals surface area contributed by atoms with E-state index in [1.165, 1.54) is 24.5 Å². The minimum atomic E-state index is -2.24. The molecule has 2 aromatic rings. The van der Waals surface area contributed by atoms with Gasteiger partial charge in [-0.15, -0.1) is 6.26 Å². The Bertz CT molecular complexity index is 999. The maximum atomic E-state index is 14.4. The van der Waals surface area contributed by atoms with Gasteiger partial charge in [-0.25, -0.2) is 13.2 Å². The fourth-order valence-corrected chi connectivity index (χ4v) is 3.24. The lowest BCUT2D eigenvalue weighted by atomic mass is 10.1. The van der Waals surface area contributed by atoms with E-state index in [4.69, 9.17) is 10.00 Å². The Labute approximate surface area is 148 Å². The van der Waals surface area contributed by atoms with Gasteiger partial charge in [0.1, 0.15) is 23.4 Å². The summed E-state index contributed by atoms with van der Waals surface area (Å²) in [4.78, 5) is 0. The van der Waals surface area contributed by atoms with E-state index in [-0.39, 0.29) is 33.9 Å². The van der Waals surface area contributed by atoms with Crippen LogP contribution in [-0.2, 0) is 14.8 Å². The number of fused-ring (bicyclic) bond motifs is 1. The molecule has 0 saturated carbocycles. The first-order valence-corrected chi connectivity index (χ1v) is 8.90. The van der Waals surface area contributed by atoms with E-state index in [0.717, 1.165) is 12.1 Å². The van der Waals surface area contributed by atoms with Gasteiger partial charge in [-0.3, -0.25) is 0 Å². The number of alkyl halides is 2. The van der Waals surface area contributed by atoms with Gasteiger partial charge in [-0.1, -0.05) is 0 Å². The van der Waals surface area contributed by atoms with E-state index in [9.17, 15) is 22.5 Å². The van der Waals surface area contributed by atoms with Gasteiger partial charge in [0.05, 0.1) is 11.6 Å². The molecule has 5 nitrogen and oxygen atoms in total. The van der Waals surface area contributed by atoms with Gasteiger partial charge in [-0.05, 0) is 24.3 Å². The molecule has 0 fully saturated rings. The molecule has 0 radical (unpaired) electrons. The summed E-state index contributed by atoms with van der Waals surface area (Å²) in [6.45, 7) is 0. The Morgan fingerprint density at radius 3 is 2.65 bits per heavy atom. The second kappa shape index (κ2) is 6.97. The van der Waals surface area contributed by atoms with Crippen molar-refractivity contribution in [3.05, 3.63) is 52.8 Å². The van der Waals surface area contributed by atoms with Crippen molar-refractivity contribution < 1.29 is 27.2 Å². The smallest absolute Gasteiger partial charge is 0.165 e. The zero-order valence-electron chi connectivity index (χ0n) is 13.3. The largest absolute Gasteiger partial charge is 0.457 e. The molecule has 0 aromatic heterocycles. The van der Waals surface area contributed by atoms with Crippen molar-refractivity contribution in [2.75, 3.05) is 6.26 Å². The molecule has 0 bridgehead atoms. The molecule has 0 spiro atoms. The second-order valence-electron chi connectivity index (χ2n) is 5.61. The van der Waals surface area contributed by atoms with Crippen LogP contribution < -0.4 is 4.74 Å². The van der Waals surface area contributed by atoms with Crippen LogP contribution in [0.2, 0.25) is 0 Å². The number of hydrogen-bond donors (Lipinski definition) is 1. The summed E-state index contributed by atoms with van der Waals surface area (Å²) >= 11 is 0. The third-order valence-corrected chi connectivity index (χ3v) is 4.29. The normalized spacial score (nSPS) is 22.7. The quantitative estimate of drug-likeness (QED) is 0.804. The van der Waals surface area contributed by atoms with Gasteiger partial charge >= 0.3 is 0 Å². The summed E-state index contributed by atoms with van der Waals surface area (Å²) in [6.07, 6.45) is -4.96. The number of ether oxygens (including phenoxy) is 1. The van der Waals surface area contributed by atoms with Crippen LogP contribution in [0, 0.1) is 17.1 Å². The number of aliphatic hydroxyl groups is 1. The van der Waals surface area contributed by atoms with Crippen LogP contribution >= 0.6 is 0 Å². The number of hydrogen-bond acceptors (Lipinski definition) is 6.